The normalized spacial score (nSPS) is 27.0. The van der Waals surface area contributed by atoms with Crippen LogP contribution in [0.25, 0.3) is 0 Å². The van der Waals surface area contributed by atoms with E-state index in [4.69, 9.17) is 9.05 Å². The van der Waals surface area contributed by atoms with E-state index in [-0.39, 0.29) is 16.5 Å². The molecule has 0 aromatic heterocycles. The first-order valence-electron chi connectivity index (χ1n) is 11.1. The third-order valence-electron chi connectivity index (χ3n) is 5.92. The Hall–Kier alpha value is 0.270. The van der Waals surface area contributed by atoms with Gasteiger partial charge < -0.3 is 14.4 Å². The van der Waals surface area contributed by atoms with E-state index in [0.29, 0.717) is 6.04 Å². The fraction of sp³-hybridized carbons (Fsp3) is 1.00. The lowest BCUT2D eigenvalue weighted by Crippen LogP contribution is -2.62. The van der Waals surface area contributed by atoms with Crippen molar-refractivity contribution in [3.8, 4) is 0 Å². The molecule has 0 radical (unpaired) electrons. The van der Waals surface area contributed by atoms with Crippen molar-refractivity contribution in [1.29, 1.82) is 0 Å². The van der Waals surface area contributed by atoms with Crippen LogP contribution in [0.1, 0.15) is 93.9 Å². The summed E-state index contributed by atoms with van der Waals surface area (Å²) in [6.45, 7) is 21.2. The van der Waals surface area contributed by atoms with E-state index in [9.17, 15) is 0 Å². The molecule has 2 fully saturated rings. The first-order valence-corrected chi connectivity index (χ1v) is 12.2. The van der Waals surface area contributed by atoms with E-state index in [2.05, 4.69) is 65.4 Å². The summed E-state index contributed by atoms with van der Waals surface area (Å²) < 4.78 is 15.3. The molecule has 0 aromatic carbocycles. The summed E-state index contributed by atoms with van der Waals surface area (Å²) in [5.74, 6) is 0.732. The molecule has 1 unspecified atom stereocenters. The van der Waals surface area contributed by atoms with Gasteiger partial charge >= 0.3 is 0 Å². The van der Waals surface area contributed by atoms with E-state index in [1.165, 1.54) is 25.7 Å². The maximum Gasteiger partial charge on any atom is 0.259 e. The summed E-state index contributed by atoms with van der Waals surface area (Å²) in [6.07, 6.45) is 7.45. The Morgan fingerprint density at radius 1 is 1.00 bits per heavy atom. The number of nitrogens with zero attached hydrogens (tertiary/aromatic N) is 1. The molecule has 27 heavy (non-hydrogen) atoms. The average molecular weight is 401 g/mol. The van der Waals surface area contributed by atoms with Gasteiger partial charge in [-0.1, -0.05) is 47.0 Å². The molecule has 0 amide bonds. The average Bonchev–Trinajstić information content (AvgIpc) is 2.53. The van der Waals surface area contributed by atoms with Crippen LogP contribution in [-0.2, 0) is 9.05 Å². The van der Waals surface area contributed by atoms with Crippen molar-refractivity contribution in [3.05, 3.63) is 0 Å². The van der Waals surface area contributed by atoms with Crippen LogP contribution in [0.15, 0.2) is 0 Å². The van der Waals surface area contributed by atoms with Crippen LogP contribution < -0.4 is 5.32 Å². The van der Waals surface area contributed by atoms with Gasteiger partial charge in [0.1, 0.15) is 0 Å². The minimum Gasteiger partial charge on any atom is -0.321 e. The highest BCUT2D eigenvalue weighted by Gasteiger charge is 2.44. The van der Waals surface area contributed by atoms with Crippen LogP contribution in [0, 0.1) is 11.3 Å². The Morgan fingerprint density at radius 2 is 1.56 bits per heavy atom. The minimum absolute atomic E-state index is 0.129. The first-order chi connectivity index (χ1) is 12.5. The van der Waals surface area contributed by atoms with Gasteiger partial charge in [0.15, 0.2) is 0 Å². The zero-order valence-corrected chi connectivity index (χ0v) is 20.1. The van der Waals surface area contributed by atoms with E-state index >= 15 is 0 Å². The van der Waals surface area contributed by atoms with Gasteiger partial charge in [-0.05, 0) is 52.9 Å². The molecular formula is C22H45N2O2P. The van der Waals surface area contributed by atoms with Gasteiger partial charge in [-0.15, -0.1) is 0 Å². The summed E-state index contributed by atoms with van der Waals surface area (Å²) in [6, 6.07) is 0.513. The lowest BCUT2D eigenvalue weighted by atomic mass is 9.79. The molecule has 2 saturated heterocycles. The number of nitrogens with one attached hydrogen (secondary N) is 1. The number of hydrogen-bond donors (Lipinski definition) is 1. The largest absolute Gasteiger partial charge is 0.321 e. The quantitative estimate of drug-likeness (QED) is 0.498. The zero-order chi connectivity index (χ0) is 20.3. The van der Waals surface area contributed by atoms with E-state index in [1.54, 1.807) is 0 Å². The smallest absolute Gasteiger partial charge is 0.259 e. The van der Waals surface area contributed by atoms with Gasteiger partial charge in [-0.2, -0.15) is 0 Å². The van der Waals surface area contributed by atoms with Crippen molar-refractivity contribution in [2.75, 3.05) is 19.8 Å². The molecule has 1 atom stereocenters. The van der Waals surface area contributed by atoms with Crippen molar-refractivity contribution in [3.63, 3.8) is 0 Å². The molecule has 0 spiro atoms. The zero-order valence-electron chi connectivity index (χ0n) is 19.2. The van der Waals surface area contributed by atoms with Gasteiger partial charge in [-0.25, -0.2) is 4.67 Å². The molecule has 0 bridgehead atoms. The predicted octanol–water partition coefficient (Wildman–Crippen LogP) is 6.11. The van der Waals surface area contributed by atoms with Crippen molar-refractivity contribution in [2.45, 2.75) is 111 Å². The van der Waals surface area contributed by atoms with Crippen molar-refractivity contribution in [2.24, 2.45) is 11.3 Å². The van der Waals surface area contributed by atoms with Gasteiger partial charge in [0.25, 0.3) is 8.53 Å². The van der Waals surface area contributed by atoms with Crippen LogP contribution in [0.3, 0.4) is 0 Å². The van der Waals surface area contributed by atoms with Crippen LogP contribution >= 0.6 is 8.53 Å². The maximum absolute atomic E-state index is 6.34. The highest BCUT2D eigenvalue weighted by molar-refractivity contribution is 7.44. The van der Waals surface area contributed by atoms with Crippen LogP contribution in [0.2, 0.25) is 0 Å². The third-order valence-corrected chi connectivity index (χ3v) is 7.53. The second-order valence-electron chi connectivity index (χ2n) is 10.9. The molecule has 2 heterocycles. The number of unbranched alkanes of at least 4 members (excludes halogenated alkanes) is 1. The fourth-order valence-corrected chi connectivity index (χ4v) is 6.78. The van der Waals surface area contributed by atoms with Crippen LogP contribution in [0.5, 0.6) is 0 Å². The molecule has 4 nitrogen and oxygen atoms in total. The summed E-state index contributed by atoms with van der Waals surface area (Å²) in [4.78, 5) is 0. The standard InChI is InChI=1S/C22H45N2O2P/c1-9-11-12-18(10-2)15-24(27-25-16-20(3,4)17-26-27)19-13-21(5,6)23-22(7,8)14-19/h18-19,23H,9-17H2,1-8H3. The second-order valence-corrected chi connectivity index (χ2v) is 12.4. The number of piperidine rings is 1. The maximum atomic E-state index is 6.34. The third kappa shape index (κ3) is 7.23. The molecule has 160 valence electrons. The molecule has 1 N–H and O–H groups in total. The molecule has 0 aliphatic carbocycles. The van der Waals surface area contributed by atoms with Crippen molar-refractivity contribution >= 4 is 8.53 Å². The highest BCUT2D eigenvalue weighted by Crippen LogP contribution is 2.52. The number of hydrogen-bond acceptors (Lipinski definition) is 4. The van der Waals surface area contributed by atoms with Gasteiger partial charge in [0.2, 0.25) is 0 Å². The lowest BCUT2D eigenvalue weighted by molar-refractivity contribution is 0.0239. The minimum atomic E-state index is -0.947. The highest BCUT2D eigenvalue weighted by atomic mass is 31.2. The summed E-state index contributed by atoms with van der Waals surface area (Å²) >= 11 is 0. The van der Waals surface area contributed by atoms with Crippen molar-refractivity contribution in [1.82, 2.24) is 9.99 Å². The van der Waals surface area contributed by atoms with Gasteiger partial charge in [0.05, 0.1) is 13.2 Å². The van der Waals surface area contributed by atoms with Crippen LogP contribution in [-0.4, -0.2) is 41.5 Å². The Bertz CT molecular complexity index is 441. The Labute approximate surface area is 170 Å². The Morgan fingerprint density at radius 3 is 2.04 bits per heavy atom. The molecule has 0 aromatic rings. The fourth-order valence-electron chi connectivity index (χ4n) is 4.70. The topological polar surface area (TPSA) is 33.7 Å². The molecular weight excluding hydrogens is 355 g/mol. The monoisotopic (exact) mass is 400 g/mol. The summed E-state index contributed by atoms with van der Waals surface area (Å²) in [5, 5.41) is 3.83. The SMILES string of the molecule is CCCCC(CC)CN(C1CC(C)(C)NC(C)(C)C1)P1OCC(C)(C)CO1. The summed E-state index contributed by atoms with van der Waals surface area (Å²) in [5.41, 5.74) is 0.407. The van der Waals surface area contributed by atoms with Crippen molar-refractivity contribution < 1.29 is 9.05 Å². The Kier molecular flexibility index (Phi) is 8.19. The Balaban J connectivity index is 2.18. The van der Waals surface area contributed by atoms with E-state index < -0.39 is 8.53 Å². The van der Waals surface area contributed by atoms with Gasteiger partial charge in [-0.3, -0.25) is 0 Å². The second kappa shape index (κ2) is 9.39. The first kappa shape index (κ1) is 23.5. The molecule has 2 aliphatic rings. The molecule has 2 aliphatic heterocycles. The van der Waals surface area contributed by atoms with E-state index in [0.717, 1.165) is 38.5 Å². The summed E-state index contributed by atoms with van der Waals surface area (Å²) in [7, 11) is -0.947. The lowest BCUT2D eigenvalue weighted by Gasteiger charge is -2.51. The molecule has 2 rings (SSSR count). The predicted molar refractivity (Wildman–Crippen MR) is 117 cm³/mol. The van der Waals surface area contributed by atoms with Gasteiger partial charge in [0, 0.05) is 29.1 Å². The molecule has 0 saturated carbocycles. The van der Waals surface area contributed by atoms with E-state index in [1.807, 2.05) is 0 Å². The molecule has 5 heteroatoms. The number of rotatable bonds is 8. The van der Waals surface area contributed by atoms with Crippen LogP contribution in [0.4, 0.5) is 0 Å².